The van der Waals surface area contributed by atoms with Crippen LogP contribution < -0.4 is 4.72 Å². The summed E-state index contributed by atoms with van der Waals surface area (Å²) in [5.41, 5.74) is 0.436. The maximum atomic E-state index is 12.5. The first-order valence-corrected chi connectivity index (χ1v) is 12.1. The summed E-state index contributed by atoms with van der Waals surface area (Å²) >= 11 is 0. The Morgan fingerprint density at radius 2 is 1.88 bits per heavy atom. The van der Waals surface area contributed by atoms with Crippen molar-refractivity contribution in [1.82, 2.24) is 9.62 Å². The molecule has 26 heavy (non-hydrogen) atoms. The molecule has 1 saturated heterocycles. The van der Waals surface area contributed by atoms with E-state index >= 15 is 0 Å². The molecular weight excluding hydrogens is 376 g/mol. The van der Waals surface area contributed by atoms with E-state index < -0.39 is 25.9 Å². The Balaban J connectivity index is 2.09. The third-order valence-corrected chi connectivity index (χ3v) is 7.72. The Bertz CT molecular complexity index is 832. The number of unbranched alkanes of at least 4 members (excludes halogenated alkanes) is 1. The molecule has 1 N–H and O–H groups in total. The molecule has 1 fully saturated rings. The van der Waals surface area contributed by atoms with Crippen LogP contribution in [0.3, 0.4) is 0 Å². The third kappa shape index (κ3) is 5.28. The monoisotopic (exact) mass is 402 g/mol. The van der Waals surface area contributed by atoms with E-state index in [1.54, 1.807) is 4.90 Å². The lowest BCUT2D eigenvalue weighted by Gasteiger charge is -2.20. The Labute approximate surface area is 155 Å². The predicted octanol–water partition coefficient (Wildman–Crippen LogP) is 1.41. The van der Waals surface area contributed by atoms with E-state index in [0.29, 0.717) is 18.7 Å². The number of sulfonamides is 1. The molecule has 0 saturated carbocycles. The first kappa shape index (κ1) is 20.9. The van der Waals surface area contributed by atoms with Gasteiger partial charge in [0.15, 0.2) is 9.84 Å². The third-order valence-electron chi connectivity index (χ3n) is 4.42. The summed E-state index contributed by atoms with van der Waals surface area (Å²) in [5.74, 6) is -0.302. The minimum atomic E-state index is -3.82. The first-order valence-electron chi connectivity index (χ1n) is 8.80. The van der Waals surface area contributed by atoms with Crippen LogP contribution in [0.25, 0.3) is 0 Å². The van der Waals surface area contributed by atoms with Crippen molar-refractivity contribution >= 4 is 25.8 Å². The molecule has 1 aromatic rings. The highest BCUT2D eigenvalue weighted by Gasteiger charge is 2.31. The van der Waals surface area contributed by atoms with E-state index in [-0.39, 0.29) is 28.7 Å². The van der Waals surface area contributed by atoms with Gasteiger partial charge in [-0.3, -0.25) is 4.79 Å². The molecule has 1 unspecified atom stereocenters. The summed E-state index contributed by atoms with van der Waals surface area (Å²) in [5, 5.41) is 0. The highest BCUT2D eigenvalue weighted by atomic mass is 32.2. The van der Waals surface area contributed by atoms with Crippen LogP contribution in [0.4, 0.5) is 0 Å². The Hall–Kier alpha value is -1.45. The highest BCUT2D eigenvalue weighted by molar-refractivity contribution is 7.92. The quantitative estimate of drug-likeness (QED) is 0.709. The van der Waals surface area contributed by atoms with Gasteiger partial charge < -0.3 is 4.90 Å². The number of hydrogen-bond acceptors (Lipinski definition) is 5. The van der Waals surface area contributed by atoms with Gasteiger partial charge in [-0.05, 0) is 44.0 Å². The highest BCUT2D eigenvalue weighted by Crippen LogP contribution is 2.17. The van der Waals surface area contributed by atoms with Gasteiger partial charge in [0.25, 0.3) is 5.91 Å². The SMILES string of the molecule is CCCCN(CC)C(=O)c1ccc(S(=O)(=O)NC2CCS(=O)(=O)C2)cc1. The fraction of sp³-hybridized carbons (Fsp3) is 0.588. The van der Waals surface area contributed by atoms with Crippen LogP contribution >= 0.6 is 0 Å². The molecule has 146 valence electrons. The minimum Gasteiger partial charge on any atom is -0.339 e. The molecule has 0 aromatic heterocycles. The van der Waals surface area contributed by atoms with Crippen LogP contribution in [-0.2, 0) is 19.9 Å². The number of carbonyl (C=O) groups excluding carboxylic acids is 1. The number of rotatable bonds is 8. The summed E-state index contributed by atoms with van der Waals surface area (Å²) in [7, 11) is -6.98. The van der Waals surface area contributed by atoms with E-state index in [9.17, 15) is 21.6 Å². The second-order valence-electron chi connectivity index (χ2n) is 6.48. The topological polar surface area (TPSA) is 101 Å². The van der Waals surface area contributed by atoms with Crippen LogP contribution in [0.15, 0.2) is 29.2 Å². The van der Waals surface area contributed by atoms with Crippen LogP contribution in [-0.4, -0.2) is 58.3 Å². The molecule has 0 bridgehead atoms. The van der Waals surface area contributed by atoms with Crippen molar-refractivity contribution in [2.45, 2.75) is 44.0 Å². The summed E-state index contributed by atoms with van der Waals surface area (Å²) < 4.78 is 50.2. The Morgan fingerprint density at radius 1 is 1.23 bits per heavy atom. The van der Waals surface area contributed by atoms with E-state index in [1.165, 1.54) is 24.3 Å². The number of amides is 1. The maximum absolute atomic E-state index is 12.5. The smallest absolute Gasteiger partial charge is 0.253 e. The van der Waals surface area contributed by atoms with Gasteiger partial charge in [-0.15, -0.1) is 0 Å². The fourth-order valence-electron chi connectivity index (χ4n) is 2.89. The van der Waals surface area contributed by atoms with Crippen molar-refractivity contribution in [3.8, 4) is 0 Å². The molecule has 1 heterocycles. The molecule has 1 atom stereocenters. The number of benzene rings is 1. The van der Waals surface area contributed by atoms with Crippen molar-refractivity contribution in [1.29, 1.82) is 0 Å². The Kier molecular flexibility index (Phi) is 6.81. The van der Waals surface area contributed by atoms with Crippen LogP contribution in [0.1, 0.15) is 43.5 Å². The maximum Gasteiger partial charge on any atom is 0.253 e. The molecule has 2 rings (SSSR count). The summed E-state index contributed by atoms with van der Waals surface area (Å²) in [6.07, 6.45) is 2.19. The zero-order chi connectivity index (χ0) is 19.4. The van der Waals surface area contributed by atoms with Gasteiger partial charge in [-0.1, -0.05) is 13.3 Å². The largest absolute Gasteiger partial charge is 0.339 e. The number of carbonyl (C=O) groups is 1. The van der Waals surface area contributed by atoms with Crippen LogP contribution in [0, 0.1) is 0 Å². The van der Waals surface area contributed by atoms with Crippen molar-refractivity contribution < 1.29 is 21.6 Å². The van der Waals surface area contributed by atoms with E-state index in [1.807, 2.05) is 6.92 Å². The van der Waals surface area contributed by atoms with Gasteiger partial charge in [0, 0.05) is 24.7 Å². The summed E-state index contributed by atoms with van der Waals surface area (Å²) in [6, 6.07) is 5.16. The number of hydrogen-bond donors (Lipinski definition) is 1. The molecule has 7 nitrogen and oxygen atoms in total. The zero-order valence-corrected chi connectivity index (χ0v) is 16.8. The zero-order valence-electron chi connectivity index (χ0n) is 15.1. The van der Waals surface area contributed by atoms with Gasteiger partial charge in [0.1, 0.15) is 0 Å². The van der Waals surface area contributed by atoms with Gasteiger partial charge in [0.05, 0.1) is 16.4 Å². The van der Waals surface area contributed by atoms with Gasteiger partial charge >= 0.3 is 0 Å². The molecule has 1 aromatic carbocycles. The van der Waals surface area contributed by atoms with Gasteiger partial charge in [-0.2, -0.15) is 0 Å². The number of nitrogens with zero attached hydrogens (tertiary/aromatic N) is 1. The lowest BCUT2D eigenvalue weighted by molar-refractivity contribution is 0.0762. The lowest BCUT2D eigenvalue weighted by Crippen LogP contribution is -2.35. The first-order chi connectivity index (χ1) is 12.2. The standard InChI is InChI=1S/C17H26N2O5S2/c1-3-5-11-19(4-2)17(20)14-6-8-16(9-7-14)26(23,24)18-15-10-12-25(21,22)13-15/h6-9,15,18H,3-5,10-13H2,1-2H3. The molecule has 9 heteroatoms. The summed E-state index contributed by atoms with van der Waals surface area (Å²) in [6.45, 7) is 5.23. The predicted molar refractivity (Wildman–Crippen MR) is 100 cm³/mol. The normalized spacial score (nSPS) is 19.4. The van der Waals surface area contributed by atoms with Crippen LogP contribution in [0.2, 0.25) is 0 Å². The van der Waals surface area contributed by atoms with Crippen molar-refractivity contribution in [2.24, 2.45) is 0 Å². The average molecular weight is 403 g/mol. The number of sulfone groups is 1. The van der Waals surface area contributed by atoms with Crippen molar-refractivity contribution in [3.05, 3.63) is 29.8 Å². The van der Waals surface area contributed by atoms with Gasteiger partial charge in [0.2, 0.25) is 10.0 Å². The molecule has 0 aliphatic carbocycles. The van der Waals surface area contributed by atoms with E-state index in [2.05, 4.69) is 11.6 Å². The summed E-state index contributed by atoms with van der Waals surface area (Å²) in [4.78, 5) is 14.2. The molecular formula is C17H26N2O5S2. The second-order valence-corrected chi connectivity index (χ2v) is 10.4. The van der Waals surface area contributed by atoms with Crippen LogP contribution in [0.5, 0.6) is 0 Å². The lowest BCUT2D eigenvalue weighted by atomic mass is 10.2. The molecule has 0 radical (unpaired) electrons. The molecule has 0 spiro atoms. The average Bonchev–Trinajstić information content (AvgIpc) is 2.93. The van der Waals surface area contributed by atoms with Gasteiger partial charge in [-0.25, -0.2) is 21.6 Å². The number of nitrogens with one attached hydrogen (secondary N) is 1. The fourth-order valence-corrected chi connectivity index (χ4v) is 5.94. The Morgan fingerprint density at radius 3 is 2.38 bits per heavy atom. The van der Waals surface area contributed by atoms with E-state index in [0.717, 1.165) is 12.8 Å². The van der Waals surface area contributed by atoms with Crippen molar-refractivity contribution in [3.63, 3.8) is 0 Å². The molecule has 1 aliphatic rings. The minimum absolute atomic E-state index is 0.00175. The molecule has 1 aliphatic heterocycles. The van der Waals surface area contributed by atoms with E-state index in [4.69, 9.17) is 0 Å². The molecule has 1 amide bonds. The second kappa shape index (κ2) is 8.49. The van der Waals surface area contributed by atoms with Crippen molar-refractivity contribution in [2.75, 3.05) is 24.6 Å².